The van der Waals surface area contributed by atoms with E-state index in [1.54, 1.807) is 35.1 Å². The van der Waals surface area contributed by atoms with Crippen molar-refractivity contribution in [3.8, 4) is 22.7 Å². The first-order valence-electron chi connectivity index (χ1n) is 8.25. The molecule has 0 unspecified atom stereocenters. The second-order valence-electron chi connectivity index (χ2n) is 5.77. The van der Waals surface area contributed by atoms with Crippen LogP contribution in [0.3, 0.4) is 0 Å². The van der Waals surface area contributed by atoms with Gasteiger partial charge in [-0.15, -0.1) is 0 Å². The molecule has 2 aromatic carbocycles. The van der Waals surface area contributed by atoms with Crippen molar-refractivity contribution < 1.29 is 9.13 Å². The lowest BCUT2D eigenvalue weighted by molar-refractivity contribution is 0.340. The van der Waals surface area contributed by atoms with Gasteiger partial charge in [-0.25, -0.2) is 9.37 Å². The smallest absolute Gasteiger partial charge is 0.298 e. The van der Waals surface area contributed by atoms with Gasteiger partial charge in [-0.3, -0.25) is 9.36 Å². The van der Waals surface area contributed by atoms with Crippen LogP contribution in [0.2, 0.25) is 0 Å². The average molecular weight is 349 g/mol. The zero-order valence-electron chi connectivity index (χ0n) is 14.1. The number of rotatable bonds is 4. The summed E-state index contributed by atoms with van der Waals surface area (Å²) in [4.78, 5) is 17.2. The third-order valence-electron chi connectivity index (χ3n) is 4.07. The third kappa shape index (κ3) is 2.86. The van der Waals surface area contributed by atoms with Gasteiger partial charge in [0.05, 0.1) is 18.0 Å². The van der Waals surface area contributed by atoms with E-state index < -0.39 is 5.82 Å². The van der Waals surface area contributed by atoms with Crippen LogP contribution in [0.5, 0.6) is 5.75 Å². The molecule has 0 amide bonds. The summed E-state index contributed by atoms with van der Waals surface area (Å²) >= 11 is 0. The van der Waals surface area contributed by atoms with Gasteiger partial charge in [0.2, 0.25) is 5.65 Å². The van der Waals surface area contributed by atoms with E-state index >= 15 is 0 Å². The minimum atomic E-state index is -0.396. The van der Waals surface area contributed by atoms with Gasteiger partial charge in [-0.2, -0.15) is 0 Å². The van der Waals surface area contributed by atoms with Crippen LogP contribution in [0.4, 0.5) is 4.39 Å². The normalized spacial score (nSPS) is 11.0. The number of hydrogen-bond donors (Lipinski definition) is 0. The molecule has 0 bridgehead atoms. The standard InChI is InChI=1S/C20H16FN3O2/c1-2-26-17-8-6-14(7-9-17)18-13-23-10-11-24(20(25)19(23)22-18)16-5-3-4-15(21)12-16/h3-13H,2H2,1H3. The quantitative estimate of drug-likeness (QED) is 0.565. The Bertz CT molecular complexity index is 1130. The highest BCUT2D eigenvalue weighted by Crippen LogP contribution is 2.21. The summed E-state index contributed by atoms with van der Waals surface area (Å²) in [5.74, 6) is 0.390. The zero-order valence-corrected chi connectivity index (χ0v) is 14.1. The van der Waals surface area contributed by atoms with Gasteiger partial charge in [0.1, 0.15) is 11.6 Å². The Hall–Kier alpha value is -3.41. The number of aromatic nitrogens is 3. The van der Waals surface area contributed by atoms with Crippen LogP contribution in [0.1, 0.15) is 6.92 Å². The highest BCUT2D eigenvalue weighted by atomic mass is 19.1. The summed E-state index contributed by atoms with van der Waals surface area (Å²) in [5, 5.41) is 0. The number of nitrogens with zero attached hydrogens (tertiary/aromatic N) is 3. The van der Waals surface area contributed by atoms with Crippen LogP contribution >= 0.6 is 0 Å². The van der Waals surface area contributed by atoms with Gasteiger partial charge in [0.15, 0.2) is 0 Å². The lowest BCUT2D eigenvalue weighted by atomic mass is 10.2. The molecule has 6 heteroatoms. The van der Waals surface area contributed by atoms with Gasteiger partial charge in [-0.1, -0.05) is 6.07 Å². The van der Waals surface area contributed by atoms with Crippen LogP contribution in [-0.2, 0) is 0 Å². The van der Waals surface area contributed by atoms with Crippen molar-refractivity contribution in [3.05, 3.63) is 83.3 Å². The van der Waals surface area contributed by atoms with E-state index in [4.69, 9.17) is 4.74 Å². The molecule has 2 aromatic heterocycles. The first-order chi connectivity index (χ1) is 12.7. The van der Waals surface area contributed by atoms with E-state index in [1.807, 2.05) is 31.2 Å². The van der Waals surface area contributed by atoms with Gasteiger partial charge in [0, 0.05) is 24.2 Å². The van der Waals surface area contributed by atoms with Crippen molar-refractivity contribution in [1.29, 1.82) is 0 Å². The van der Waals surface area contributed by atoms with Crippen molar-refractivity contribution >= 4 is 5.65 Å². The Morgan fingerprint density at radius 1 is 1.12 bits per heavy atom. The number of imidazole rings is 1. The average Bonchev–Trinajstić information content (AvgIpc) is 3.08. The summed E-state index contributed by atoms with van der Waals surface area (Å²) in [7, 11) is 0. The van der Waals surface area contributed by atoms with Crippen LogP contribution in [0, 0.1) is 5.82 Å². The maximum absolute atomic E-state index is 13.5. The molecule has 0 radical (unpaired) electrons. The fourth-order valence-electron chi connectivity index (χ4n) is 2.84. The van der Waals surface area contributed by atoms with Crippen molar-refractivity contribution in [1.82, 2.24) is 14.0 Å². The molecule has 26 heavy (non-hydrogen) atoms. The van der Waals surface area contributed by atoms with E-state index in [-0.39, 0.29) is 11.2 Å². The first-order valence-corrected chi connectivity index (χ1v) is 8.25. The summed E-state index contributed by atoms with van der Waals surface area (Å²) in [6, 6.07) is 13.4. The van der Waals surface area contributed by atoms with Crippen molar-refractivity contribution in [2.75, 3.05) is 6.61 Å². The second-order valence-corrected chi connectivity index (χ2v) is 5.77. The Morgan fingerprint density at radius 3 is 2.65 bits per heavy atom. The molecule has 0 spiro atoms. The minimum absolute atomic E-state index is 0.278. The van der Waals surface area contributed by atoms with Gasteiger partial charge in [0.25, 0.3) is 5.56 Å². The van der Waals surface area contributed by atoms with Crippen LogP contribution in [-0.4, -0.2) is 20.6 Å². The molecular formula is C20H16FN3O2. The van der Waals surface area contributed by atoms with Crippen molar-refractivity contribution in [3.63, 3.8) is 0 Å². The molecule has 5 nitrogen and oxygen atoms in total. The minimum Gasteiger partial charge on any atom is -0.494 e. The zero-order chi connectivity index (χ0) is 18.1. The number of halogens is 1. The highest BCUT2D eigenvalue weighted by Gasteiger charge is 2.11. The Kier molecular flexibility index (Phi) is 4.01. The highest BCUT2D eigenvalue weighted by molar-refractivity contribution is 5.63. The maximum Gasteiger partial charge on any atom is 0.298 e. The van der Waals surface area contributed by atoms with Crippen molar-refractivity contribution in [2.45, 2.75) is 6.92 Å². The fraction of sp³-hybridized carbons (Fsp3) is 0.100. The van der Waals surface area contributed by atoms with E-state index in [2.05, 4.69) is 4.98 Å². The number of ether oxygens (including phenoxy) is 1. The lowest BCUT2D eigenvalue weighted by Crippen LogP contribution is -2.20. The lowest BCUT2D eigenvalue weighted by Gasteiger charge is -2.05. The van der Waals surface area contributed by atoms with Crippen molar-refractivity contribution in [2.24, 2.45) is 0 Å². The van der Waals surface area contributed by atoms with Crippen LogP contribution in [0.25, 0.3) is 22.6 Å². The molecule has 0 fully saturated rings. The Balaban J connectivity index is 1.78. The molecule has 0 N–H and O–H groups in total. The molecule has 4 aromatic rings. The largest absolute Gasteiger partial charge is 0.494 e. The molecule has 0 aliphatic rings. The van der Waals surface area contributed by atoms with Crippen LogP contribution in [0.15, 0.2) is 71.9 Å². The second kappa shape index (κ2) is 6.48. The molecule has 0 saturated carbocycles. The number of fused-ring (bicyclic) bond motifs is 1. The molecular weight excluding hydrogens is 333 g/mol. The molecule has 4 rings (SSSR count). The van der Waals surface area contributed by atoms with E-state index in [9.17, 15) is 9.18 Å². The third-order valence-corrected chi connectivity index (χ3v) is 4.07. The molecule has 2 heterocycles. The van der Waals surface area contributed by atoms with Gasteiger partial charge < -0.3 is 9.14 Å². The predicted octanol–water partition coefficient (Wildman–Crippen LogP) is 3.69. The summed E-state index contributed by atoms with van der Waals surface area (Å²) < 4.78 is 22.0. The number of hydrogen-bond acceptors (Lipinski definition) is 3. The Morgan fingerprint density at radius 2 is 1.92 bits per heavy atom. The molecule has 0 atom stereocenters. The fourth-order valence-corrected chi connectivity index (χ4v) is 2.84. The molecule has 0 saturated heterocycles. The van der Waals surface area contributed by atoms with E-state index in [0.29, 0.717) is 18.0 Å². The summed E-state index contributed by atoms with van der Waals surface area (Å²) in [6.45, 7) is 2.53. The first kappa shape index (κ1) is 16.1. The maximum atomic E-state index is 13.5. The topological polar surface area (TPSA) is 48.5 Å². The molecule has 0 aliphatic heterocycles. The van der Waals surface area contributed by atoms with Crippen LogP contribution < -0.4 is 10.3 Å². The monoisotopic (exact) mass is 349 g/mol. The van der Waals surface area contributed by atoms with Gasteiger partial charge >= 0.3 is 0 Å². The molecule has 130 valence electrons. The van der Waals surface area contributed by atoms with E-state index in [1.165, 1.54) is 16.7 Å². The summed E-state index contributed by atoms with van der Waals surface area (Å²) in [5.41, 5.74) is 2.00. The van der Waals surface area contributed by atoms with E-state index in [0.717, 1.165) is 11.3 Å². The molecule has 0 aliphatic carbocycles. The predicted molar refractivity (Wildman–Crippen MR) is 97.4 cm³/mol. The summed E-state index contributed by atoms with van der Waals surface area (Å²) in [6.07, 6.45) is 5.13. The van der Waals surface area contributed by atoms with Gasteiger partial charge in [-0.05, 0) is 49.4 Å². The number of benzene rings is 2. The SMILES string of the molecule is CCOc1ccc(-c2cn3ccn(-c4cccc(F)c4)c(=O)c3n2)cc1. The Labute approximate surface area is 148 Å².